The molecule has 0 heterocycles. The van der Waals surface area contributed by atoms with Crippen LogP contribution in [0.4, 0.5) is 4.39 Å². The molecule has 0 aliphatic heterocycles. The molecule has 0 saturated heterocycles. The summed E-state index contributed by atoms with van der Waals surface area (Å²) in [5, 5.41) is 0.157. The number of hydrogen-bond acceptors (Lipinski definition) is 2. The predicted octanol–water partition coefficient (Wildman–Crippen LogP) is 3.56. The Balaban J connectivity index is 2.11. The van der Waals surface area contributed by atoms with Crippen molar-refractivity contribution in [3.8, 4) is 0 Å². The van der Waals surface area contributed by atoms with E-state index in [1.54, 1.807) is 0 Å². The van der Waals surface area contributed by atoms with Crippen molar-refractivity contribution in [3.05, 3.63) is 64.9 Å². The van der Waals surface area contributed by atoms with E-state index in [9.17, 15) is 12.8 Å². The third kappa shape index (κ3) is 4.03. The molecule has 1 atom stereocenters. The molecule has 0 aromatic heterocycles. The summed E-state index contributed by atoms with van der Waals surface area (Å²) in [5.74, 6) is -0.876. The zero-order valence-electron chi connectivity index (χ0n) is 11.4. The van der Waals surface area contributed by atoms with Gasteiger partial charge in [0.2, 0.25) is 10.0 Å². The smallest absolute Gasteiger partial charge is 0.210 e. The maximum atomic E-state index is 13.7. The van der Waals surface area contributed by atoms with Crippen molar-refractivity contribution < 1.29 is 12.8 Å². The first-order valence-electron chi connectivity index (χ1n) is 6.40. The Morgan fingerprint density at radius 3 is 2.48 bits per heavy atom. The Kier molecular flexibility index (Phi) is 4.98. The average Bonchev–Trinajstić information content (AvgIpc) is 2.45. The van der Waals surface area contributed by atoms with Crippen LogP contribution in [0.1, 0.15) is 18.4 Å². The third-order valence-electron chi connectivity index (χ3n) is 3.13. The van der Waals surface area contributed by atoms with Crippen molar-refractivity contribution in [2.75, 3.05) is 6.54 Å². The van der Waals surface area contributed by atoms with Crippen molar-refractivity contribution in [2.45, 2.75) is 17.7 Å². The summed E-state index contributed by atoms with van der Waals surface area (Å²) in [5.41, 5.74) is 1.01. The van der Waals surface area contributed by atoms with E-state index in [2.05, 4.69) is 4.72 Å². The molecule has 6 heteroatoms. The van der Waals surface area contributed by atoms with Gasteiger partial charge in [0.25, 0.3) is 0 Å². The summed E-state index contributed by atoms with van der Waals surface area (Å²) >= 11 is 5.62. The Hall–Kier alpha value is -1.43. The largest absolute Gasteiger partial charge is 0.243 e. The molecule has 0 amide bonds. The first-order valence-corrected chi connectivity index (χ1v) is 8.26. The second-order valence-electron chi connectivity index (χ2n) is 4.74. The standard InChI is InChI=1S/C15H15ClFNO2S/c1-11(12-5-3-2-4-6-12)10-18-21(19,20)15-8-7-13(16)9-14(15)17/h2-9,11,18H,10H2,1H3. The minimum Gasteiger partial charge on any atom is -0.210 e. The van der Waals surface area contributed by atoms with Crippen LogP contribution in [0.15, 0.2) is 53.4 Å². The van der Waals surface area contributed by atoms with E-state index in [-0.39, 0.29) is 17.5 Å². The summed E-state index contributed by atoms with van der Waals surface area (Å²) in [6.45, 7) is 2.09. The quantitative estimate of drug-likeness (QED) is 0.912. The molecule has 0 bridgehead atoms. The highest BCUT2D eigenvalue weighted by atomic mass is 35.5. The molecule has 2 rings (SSSR count). The molecular formula is C15H15ClFNO2S. The van der Waals surface area contributed by atoms with Gasteiger partial charge in [-0.05, 0) is 29.7 Å². The summed E-state index contributed by atoms with van der Waals surface area (Å²) in [6.07, 6.45) is 0. The van der Waals surface area contributed by atoms with Gasteiger partial charge in [0, 0.05) is 11.6 Å². The lowest BCUT2D eigenvalue weighted by Crippen LogP contribution is -2.28. The van der Waals surface area contributed by atoms with Crippen LogP contribution in [-0.4, -0.2) is 15.0 Å². The monoisotopic (exact) mass is 327 g/mol. The van der Waals surface area contributed by atoms with Crippen LogP contribution < -0.4 is 4.72 Å². The molecule has 0 saturated carbocycles. The van der Waals surface area contributed by atoms with Gasteiger partial charge in [-0.1, -0.05) is 48.9 Å². The Bertz CT molecular complexity index is 720. The van der Waals surface area contributed by atoms with E-state index >= 15 is 0 Å². The van der Waals surface area contributed by atoms with Gasteiger partial charge in [-0.25, -0.2) is 17.5 Å². The topological polar surface area (TPSA) is 46.2 Å². The van der Waals surface area contributed by atoms with Crippen LogP contribution in [0, 0.1) is 5.82 Å². The van der Waals surface area contributed by atoms with Crippen LogP contribution in [0.5, 0.6) is 0 Å². The Morgan fingerprint density at radius 1 is 1.19 bits per heavy atom. The van der Waals surface area contributed by atoms with Crippen LogP contribution in [0.3, 0.4) is 0 Å². The first kappa shape index (κ1) is 15.9. The van der Waals surface area contributed by atoms with Gasteiger partial charge in [0.1, 0.15) is 10.7 Å². The zero-order chi connectivity index (χ0) is 15.5. The fraction of sp³-hybridized carbons (Fsp3) is 0.200. The van der Waals surface area contributed by atoms with E-state index < -0.39 is 20.7 Å². The molecule has 3 nitrogen and oxygen atoms in total. The highest BCUT2D eigenvalue weighted by molar-refractivity contribution is 7.89. The number of nitrogens with one attached hydrogen (secondary N) is 1. The maximum absolute atomic E-state index is 13.7. The maximum Gasteiger partial charge on any atom is 0.243 e. The highest BCUT2D eigenvalue weighted by Crippen LogP contribution is 2.20. The van der Waals surface area contributed by atoms with Crippen molar-refractivity contribution >= 4 is 21.6 Å². The lowest BCUT2D eigenvalue weighted by Gasteiger charge is -2.13. The SMILES string of the molecule is CC(CNS(=O)(=O)c1ccc(Cl)cc1F)c1ccccc1. The molecule has 0 aliphatic carbocycles. The lowest BCUT2D eigenvalue weighted by molar-refractivity contribution is 0.553. The van der Waals surface area contributed by atoms with E-state index in [4.69, 9.17) is 11.6 Å². The molecule has 0 radical (unpaired) electrons. The number of rotatable bonds is 5. The fourth-order valence-corrected chi connectivity index (χ4v) is 3.25. The van der Waals surface area contributed by atoms with E-state index in [0.29, 0.717) is 0 Å². The van der Waals surface area contributed by atoms with E-state index in [1.807, 2.05) is 37.3 Å². The summed E-state index contributed by atoms with van der Waals surface area (Å²) in [6, 6.07) is 13.0. The number of benzene rings is 2. The minimum atomic E-state index is -3.89. The van der Waals surface area contributed by atoms with Gasteiger partial charge in [-0.15, -0.1) is 0 Å². The number of halogens is 2. The second-order valence-corrected chi connectivity index (χ2v) is 6.91. The molecular weight excluding hydrogens is 313 g/mol. The molecule has 1 unspecified atom stereocenters. The molecule has 2 aromatic carbocycles. The number of sulfonamides is 1. The van der Waals surface area contributed by atoms with Gasteiger partial charge in [-0.2, -0.15) is 0 Å². The normalized spacial score (nSPS) is 13.1. The Morgan fingerprint density at radius 2 is 1.86 bits per heavy atom. The van der Waals surface area contributed by atoms with Crippen LogP contribution in [0.25, 0.3) is 0 Å². The van der Waals surface area contributed by atoms with E-state index in [0.717, 1.165) is 17.7 Å². The second kappa shape index (κ2) is 6.56. The molecule has 0 aliphatic rings. The average molecular weight is 328 g/mol. The third-order valence-corrected chi connectivity index (χ3v) is 4.82. The van der Waals surface area contributed by atoms with Gasteiger partial charge < -0.3 is 0 Å². The van der Waals surface area contributed by atoms with Crippen molar-refractivity contribution in [2.24, 2.45) is 0 Å². The van der Waals surface area contributed by atoms with Crippen LogP contribution >= 0.6 is 11.6 Å². The van der Waals surface area contributed by atoms with Crippen LogP contribution in [-0.2, 0) is 10.0 Å². The molecule has 112 valence electrons. The first-order chi connectivity index (χ1) is 9.90. The van der Waals surface area contributed by atoms with Gasteiger partial charge in [0.05, 0.1) is 0 Å². The summed E-state index contributed by atoms with van der Waals surface area (Å²) in [4.78, 5) is -0.396. The van der Waals surface area contributed by atoms with Crippen molar-refractivity contribution in [3.63, 3.8) is 0 Å². The van der Waals surface area contributed by atoms with E-state index in [1.165, 1.54) is 6.07 Å². The number of hydrogen-bond donors (Lipinski definition) is 1. The molecule has 1 N–H and O–H groups in total. The summed E-state index contributed by atoms with van der Waals surface area (Å²) in [7, 11) is -3.89. The summed E-state index contributed by atoms with van der Waals surface area (Å²) < 4.78 is 40.3. The predicted molar refractivity (Wildman–Crippen MR) is 81.5 cm³/mol. The van der Waals surface area contributed by atoms with Crippen molar-refractivity contribution in [1.29, 1.82) is 0 Å². The Labute approximate surface area is 128 Å². The molecule has 0 spiro atoms. The lowest BCUT2D eigenvalue weighted by atomic mass is 10.0. The fourth-order valence-electron chi connectivity index (χ4n) is 1.91. The highest BCUT2D eigenvalue weighted by Gasteiger charge is 2.20. The van der Waals surface area contributed by atoms with Gasteiger partial charge >= 0.3 is 0 Å². The van der Waals surface area contributed by atoms with Crippen molar-refractivity contribution in [1.82, 2.24) is 4.72 Å². The van der Waals surface area contributed by atoms with Crippen LogP contribution in [0.2, 0.25) is 5.02 Å². The minimum absolute atomic E-state index is 0.0173. The molecule has 21 heavy (non-hydrogen) atoms. The van der Waals surface area contributed by atoms with Gasteiger partial charge in [-0.3, -0.25) is 0 Å². The molecule has 0 fully saturated rings. The zero-order valence-corrected chi connectivity index (χ0v) is 13.0. The molecule has 2 aromatic rings. The van der Waals surface area contributed by atoms with Gasteiger partial charge in [0.15, 0.2) is 0 Å².